The molecule has 16 heavy (non-hydrogen) atoms. The van der Waals surface area contributed by atoms with Gasteiger partial charge in [-0.25, -0.2) is 0 Å². The van der Waals surface area contributed by atoms with Gasteiger partial charge in [-0.15, -0.1) is 0 Å². The molecule has 1 nitrogen and oxygen atoms in total. The molecule has 0 heterocycles. The molecule has 0 saturated heterocycles. The zero-order chi connectivity index (χ0) is 12.0. The van der Waals surface area contributed by atoms with E-state index in [1.165, 1.54) is 31.4 Å². The predicted molar refractivity (Wildman–Crippen MR) is 76.2 cm³/mol. The molecule has 0 aliphatic heterocycles. The maximum atomic E-state index is 3.64. The van der Waals surface area contributed by atoms with Crippen LogP contribution in [-0.4, -0.2) is 23.1 Å². The van der Waals surface area contributed by atoms with Gasteiger partial charge in [-0.05, 0) is 32.2 Å². The third kappa shape index (κ3) is 5.40. The van der Waals surface area contributed by atoms with E-state index in [0.29, 0.717) is 10.8 Å². The van der Waals surface area contributed by atoms with Crippen LogP contribution in [0.1, 0.15) is 53.4 Å². The van der Waals surface area contributed by atoms with Crippen molar-refractivity contribution in [2.75, 3.05) is 12.3 Å². The molecular weight excluding hydrogens is 214 g/mol. The largest absolute Gasteiger partial charge is 0.310 e. The van der Waals surface area contributed by atoms with Gasteiger partial charge in [0.1, 0.15) is 0 Å². The number of allylic oxidation sites excluding steroid dienone is 1. The quantitative estimate of drug-likeness (QED) is 0.730. The maximum absolute atomic E-state index is 3.64. The minimum Gasteiger partial charge on any atom is -0.310 e. The van der Waals surface area contributed by atoms with Crippen molar-refractivity contribution in [3.8, 4) is 0 Å². The van der Waals surface area contributed by atoms with E-state index in [1.807, 2.05) is 0 Å². The molecule has 0 amide bonds. The van der Waals surface area contributed by atoms with Crippen LogP contribution >= 0.6 is 11.8 Å². The van der Waals surface area contributed by atoms with Crippen molar-refractivity contribution in [1.82, 2.24) is 5.32 Å². The first-order valence-corrected chi connectivity index (χ1v) is 7.58. The summed E-state index contributed by atoms with van der Waals surface area (Å²) in [6.07, 6.45) is 7.84. The second-order valence-corrected chi connectivity index (χ2v) is 7.41. The molecule has 1 unspecified atom stereocenters. The lowest BCUT2D eigenvalue weighted by atomic mass is 9.95. The molecule has 1 aliphatic rings. The first kappa shape index (κ1) is 14.1. The van der Waals surface area contributed by atoms with Crippen LogP contribution in [-0.2, 0) is 0 Å². The number of hydrogen-bond acceptors (Lipinski definition) is 2. The second-order valence-electron chi connectivity index (χ2n) is 5.56. The zero-order valence-electron chi connectivity index (χ0n) is 11.3. The van der Waals surface area contributed by atoms with Crippen LogP contribution in [0.2, 0.25) is 0 Å². The van der Waals surface area contributed by atoms with E-state index in [4.69, 9.17) is 0 Å². The Morgan fingerprint density at radius 2 is 2.12 bits per heavy atom. The van der Waals surface area contributed by atoms with Crippen molar-refractivity contribution in [2.45, 2.75) is 64.2 Å². The summed E-state index contributed by atoms with van der Waals surface area (Å²) in [5.74, 6) is 1.21. The average molecular weight is 241 g/mol. The molecule has 94 valence electrons. The molecule has 1 rings (SSSR count). The molecule has 0 spiro atoms. The van der Waals surface area contributed by atoms with Gasteiger partial charge in [-0.2, -0.15) is 11.8 Å². The molecular formula is C14H27NS. The van der Waals surface area contributed by atoms with E-state index in [9.17, 15) is 0 Å². The van der Waals surface area contributed by atoms with Crippen LogP contribution in [0, 0.1) is 0 Å². The first-order valence-electron chi connectivity index (χ1n) is 6.59. The first-order chi connectivity index (χ1) is 7.53. The van der Waals surface area contributed by atoms with Crippen molar-refractivity contribution < 1.29 is 0 Å². The Kier molecular flexibility index (Phi) is 5.91. The summed E-state index contributed by atoms with van der Waals surface area (Å²) in [6.45, 7) is 10.2. The summed E-state index contributed by atoms with van der Waals surface area (Å²) in [5, 5.41) is 3.64. The van der Waals surface area contributed by atoms with Gasteiger partial charge in [0.05, 0.1) is 0 Å². The lowest BCUT2D eigenvalue weighted by molar-refractivity contribution is 0.578. The van der Waals surface area contributed by atoms with Crippen molar-refractivity contribution in [2.24, 2.45) is 0 Å². The summed E-state index contributed by atoms with van der Waals surface area (Å²) in [7, 11) is 0. The molecule has 0 bridgehead atoms. The van der Waals surface area contributed by atoms with Crippen molar-refractivity contribution in [3.63, 3.8) is 0 Å². The van der Waals surface area contributed by atoms with Crippen molar-refractivity contribution in [3.05, 3.63) is 11.6 Å². The van der Waals surface area contributed by atoms with Crippen molar-refractivity contribution in [1.29, 1.82) is 0 Å². The summed E-state index contributed by atoms with van der Waals surface area (Å²) < 4.78 is 0.378. The highest BCUT2D eigenvalue weighted by molar-refractivity contribution is 8.00. The number of hydrogen-bond donors (Lipinski definition) is 1. The smallest absolute Gasteiger partial charge is 0.0370 e. The Morgan fingerprint density at radius 1 is 1.38 bits per heavy atom. The predicted octanol–water partition coefficient (Wildman–Crippen LogP) is 4.00. The summed E-state index contributed by atoms with van der Waals surface area (Å²) >= 11 is 2.07. The molecule has 0 saturated carbocycles. The van der Waals surface area contributed by atoms with E-state index >= 15 is 0 Å². The molecule has 1 aliphatic carbocycles. The van der Waals surface area contributed by atoms with E-state index in [0.717, 1.165) is 6.54 Å². The van der Waals surface area contributed by atoms with Crippen LogP contribution in [0.15, 0.2) is 11.6 Å². The maximum Gasteiger partial charge on any atom is 0.0370 e. The van der Waals surface area contributed by atoms with Crippen LogP contribution in [0.25, 0.3) is 0 Å². The van der Waals surface area contributed by atoms with Gasteiger partial charge in [0, 0.05) is 16.5 Å². The van der Waals surface area contributed by atoms with Gasteiger partial charge in [-0.1, -0.05) is 39.3 Å². The summed E-state index contributed by atoms with van der Waals surface area (Å²) in [5.41, 5.74) is 1.66. The SMILES string of the molecule is CCNC(CSC(C)(C)C)C1=CCCCC1. The third-order valence-corrected chi connectivity index (χ3v) is 4.27. The second kappa shape index (κ2) is 6.70. The highest BCUT2D eigenvalue weighted by Gasteiger charge is 2.19. The molecule has 0 aromatic heterocycles. The highest BCUT2D eigenvalue weighted by atomic mass is 32.2. The molecule has 0 fully saturated rings. The van der Waals surface area contributed by atoms with Crippen LogP contribution in [0.4, 0.5) is 0 Å². The minimum atomic E-state index is 0.378. The molecule has 1 atom stereocenters. The number of likely N-dealkylation sites (N-methyl/N-ethyl adjacent to an activating group) is 1. The van der Waals surface area contributed by atoms with Crippen LogP contribution in [0.5, 0.6) is 0 Å². The fourth-order valence-corrected chi connectivity index (χ4v) is 3.05. The normalized spacial score (nSPS) is 19.4. The Bertz CT molecular complexity index is 227. The monoisotopic (exact) mass is 241 g/mol. The van der Waals surface area contributed by atoms with Crippen LogP contribution < -0.4 is 5.32 Å². The van der Waals surface area contributed by atoms with Gasteiger partial charge in [0.2, 0.25) is 0 Å². The summed E-state index contributed by atoms with van der Waals surface area (Å²) in [4.78, 5) is 0. The molecule has 1 N–H and O–H groups in total. The van der Waals surface area contributed by atoms with Crippen LogP contribution in [0.3, 0.4) is 0 Å². The van der Waals surface area contributed by atoms with Gasteiger partial charge in [0.25, 0.3) is 0 Å². The van der Waals surface area contributed by atoms with E-state index in [1.54, 1.807) is 5.57 Å². The zero-order valence-corrected chi connectivity index (χ0v) is 12.1. The van der Waals surface area contributed by atoms with Gasteiger partial charge in [0.15, 0.2) is 0 Å². The Morgan fingerprint density at radius 3 is 2.62 bits per heavy atom. The van der Waals surface area contributed by atoms with Gasteiger partial charge in [-0.3, -0.25) is 0 Å². The minimum absolute atomic E-state index is 0.378. The van der Waals surface area contributed by atoms with Crippen molar-refractivity contribution >= 4 is 11.8 Å². The lowest BCUT2D eigenvalue weighted by Crippen LogP contribution is -2.34. The van der Waals surface area contributed by atoms with E-state index in [-0.39, 0.29) is 0 Å². The average Bonchev–Trinajstić information content (AvgIpc) is 2.24. The fraction of sp³-hybridized carbons (Fsp3) is 0.857. The lowest BCUT2D eigenvalue weighted by Gasteiger charge is -2.27. The van der Waals surface area contributed by atoms with Gasteiger partial charge < -0.3 is 5.32 Å². The Balaban J connectivity index is 2.49. The molecule has 0 aromatic carbocycles. The Labute approximate surface area is 105 Å². The number of thioether (sulfide) groups is 1. The van der Waals surface area contributed by atoms with E-state index < -0.39 is 0 Å². The third-order valence-electron chi connectivity index (χ3n) is 2.91. The number of rotatable bonds is 5. The topological polar surface area (TPSA) is 12.0 Å². The number of nitrogens with one attached hydrogen (secondary N) is 1. The summed E-state index contributed by atoms with van der Waals surface area (Å²) in [6, 6.07) is 0.606. The highest BCUT2D eigenvalue weighted by Crippen LogP contribution is 2.28. The fourth-order valence-electron chi connectivity index (χ4n) is 2.06. The Hall–Kier alpha value is 0.0500. The van der Waals surface area contributed by atoms with Gasteiger partial charge >= 0.3 is 0 Å². The van der Waals surface area contributed by atoms with E-state index in [2.05, 4.69) is 50.8 Å². The molecule has 2 heteroatoms. The molecule has 0 aromatic rings. The molecule has 0 radical (unpaired) electrons. The standard InChI is InChI=1S/C14H27NS/c1-5-15-13(11-16-14(2,3)4)12-9-7-6-8-10-12/h9,13,15H,5-8,10-11H2,1-4H3.